The summed E-state index contributed by atoms with van der Waals surface area (Å²) in [5, 5.41) is 18.8. The fraction of sp³-hybridized carbons (Fsp3) is 0. The molecule has 0 N–H and O–H groups in total. The Morgan fingerprint density at radius 3 is 2.25 bits per heavy atom. The zero-order valence-corrected chi connectivity index (χ0v) is 13.3. The summed E-state index contributed by atoms with van der Waals surface area (Å²) in [4.78, 5) is 0. The number of benzene rings is 2. The van der Waals surface area contributed by atoms with Gasteiger partial charge in [-0.25, -0.2) is 0 Å². The largest absolute Gasteiger partial charge is 0.457 e. The van der Waals surface area contributed by atoms with Gasteiger partial charge >= 0.3 is 0 Å². The van der Waals surface area contributed by atoms with Crippen LogP contribution in [0.25, 0.3) is 23.0 Å². The molecule has 0 aliphatic carbocycles. The first kappa shape index (κ1) is 15.6. The summed E-state index contributed by atoms with van der Waals surface area (Å²) < 4.78 is 5.78. The average Bonchev–Trinajstić information content (AvgIpc) is 3.09. The van der Waals surface area contributed by atoms with E-state index in [4.69, 9.17) is 21.3 Å². The van der Waals surface area contributed by atoms with Gasteiger partial charge in [0.15, 0.2) is 0 Å². The highest BCUT2D eigenvalue weighted by molar-refractivity contribution is 6.30. The van der Waals surface area contributed by atoms with Crippen LogP contribution in [0.4, 0.5) is 0 Å². The lowest BCUT2D eigenvalue weighted by Crippen LogP contribution is -1.80. The summed E-state index contributed by atoms with van der Waals surface area (Å²) in [7, 11) is 0. The minimum atomic E-state index is 0.493. The minimum absolute atomic E-state index is 0.493. The highest BCUT2D eigenvalue weighted by atomic mass is 35.5. The molecule has 1 aromatic heterocycles. The van der Waals surface area contributed by atoms with E-state index < -0.39 is 0 Å². The van der Waals surface area contributed by atoms with Gasteiger partial charge in [0, 0.05) is 10.6 Å². The SMILES string of the molecule is N#C/C(=C/c1ccc(-c2ccc(C#N)cc2)o1)c1ccc(Cl)cc1. The lowest BCUT2D eigenvalue weighted by atomic mass is 10.1. The smallest absolute Gasteiger partial charge is 0.134 e. The third kappa shape index (κ3) is 3.38. The first-order valence-electron chi connectivity index (χ1n) is 7.18. The third-order valence-electron chi connectivity index (χ3n) is 3.49. The van der Waals surface area contributed by atoms with E-state index in [0.717, 1.165) is 11.1 Å². The van der Waals surface area contributed by atoms with E-state index in [9.17, 15) is 5.26 Å². The Balaban J connectivity index is 1.90. The van der Waals surface area contributed by atoms with Crippen LogP contribution in [0.3, 0.4) is 0 Å². The van der Waals surface area contributed by atoms with Gasteiger partial charge in [0.25, 0.3) is 0 Å². The first-order valence-corrected chi connectivity index (χ1v) is 7.55. The molecule has 0 fully saturated rings. The van der Waals surface area contributed by atoms with Gasteiger partial charge in [0.2, 0.25) is 0 Å². The van der Waals surface area contributed by atoms with Crippen molar-refractivity contribution < 1.29 is 4.42 Å². The van der Waals surface area contributed by atoms with Crippen molar-refractivity contribution in [1.29, 1.82) is 10.5 Å². The maximum absolute atomic E-state index is 9.37. The predicted octanol–water partition coefficient (Wildman–Crippen LogP) is 5.54. The zero-order valence-electron chi connectivity index (χ0n) is 12.5. The molecule has 0 bridgehead atoms. The Hall–Kier alpha value is -3.27. The maximum atomic E-state index is 9.37. The van der Waals surface area contributed by atoms with E-state index in [-0.39, 0.29) is 0 Å². The molecule has 0 saturated carbocycles. The van der Waals surface area contributed by atoms with Crippen molar-refractivity contribution in [3.05, 3.63) is 82.6 Å². The zero-order chi connectivity index (χ0) is 16.9. The second-order valence-electron chi connectivity index (χ2n) is 5.07. The van der Waals surface area contributed by atoms with Crippen LogP contribution in [-0.2, 0) is 0 Å². The summed E-state index contributed by atoms with van der Waals surface area (Å²) in [6, 6.07) is 22.1. The van der Waals surface area contributed by atoms with Crippen LogP contribution in [0.2, 0.25) is 5.02 Å². The van der Waals surface area contributed by atoms with Gasteiger partial charge in [-0.3, -0.25) is 0 Å². The molecule has 0 aliphatic rings. The minimum Gasteiger partial charge on any atom is -0.457 e. The molecular weight excluding hydrogens is 320 g/mol. The predicted molar refractivity (Wildman–Crippen MR) is 93.8 cm³/mol. The van der Waals surface area contributed by atoms with Crippen molar-refractivity contribution in [2.75, 3.05) is 0 Å². The number of nitriles is 2. The van der Waals surface area contributed by atoms with E-state index in [2.05, 4.69) is 12.1 Å². The second kappa shape index (κ2) is 6.87. The van der Waals surface area contributed by atoms with E-state index in [0.29, 0.717) is 27.7 Å². The van der Waals surface area contributed by atoms with E-state index in [1.54, 1.807) is 48.5 Å². The summed E-state index contributed by atoms with van der Waals surface area (Å²) in [5.41, 5.74) is 2.74. The molecule has 0 spiro atoms. The van der Waals surface area contributed by atoms with Crippen molar-refractivity contribution in [3.63, 3.8) is 0 Å². The van der Waals surface area contributed by atoms with Crippen LogP contribution in [0, 0.1) is 22.7 Å². The van der Waals surface area contributed by atoms with Crippen LogP contribution < -0.4 is 0 Å². The van der Waals surface area contributed by atoms with E-state index in [1.165, 1.54) is 0 Å². The topological polar surface area (TPSA) is 60.7 Å². The second-order valence-corrected chi connectivity index (χ2v) is 5.50. The molecule has 0 aliphatic heterocycles. The molecule has 24 heavy (non-hydrogen) atoms. The Morgan fingerprint density at radius 1 is 0.917 bits per heavy atom. The van der Waals surface area contributed by atoms with Crippen molar-refractivity contribution in [2.45, 2.75) is 0 Å². The third-order valence-corrected chi connectivity index (χ3v) is 3.74. The lowest BCUT2D eigenvalue weighted by molar-refractivity contribution is 0.572. The number of hydrogen-bond donors (Lipinski definition) is 0. The lowest BCUT2D eigenvalue weighted by Gasteiger charge is -1.99. The Bertz CT molecular complexity index is 968. The van der Waals surface area contributed by atoms with Gasteiger partial charge in [-0.05, 0) is 60.2 Å². The monoisotopic (exact) mass is 330 g/mol. The summed E-state index contributed by atoms with van der Waals surface area (Å²) >= 11 is 5.87. The van der Waals surface area contributed by atoms with Crippen LogP contribution in [-0.4, -0.2) is 0 Å². The molecule has 0 unspecified atom stereocenters. The molecule has 0 saturated heterocycles. The van der Waals surface area contributed by atoms with E-state index in [1.807, 2.05) is 18.2 Å². The average molecular weight is 331 g/mol. The number of furan rings is 1. The Kier molecular flexibility index (Phi) is 4.47. The van der Waals surface area contributed by atoms with Gasteiger partial charge in [-0.15, -0.1) is 0 Å². The van der Waals surface area contributed by atoms with Gasteiger partial charge in [-0.2, -0.15) is 10.5 Å². The molecule has 114 valence electrons. The molecule has 3 rings (SSSR count). The number of halogens is 1. The number of allylic oxidation sites excluding steroid dienone is 1. The van der Waals surface area contributed by atoms with Gasteiger partial charge in [0.05, 0.1) is 23.3 Å². The molecule has 2 aromatic carbocycles. The Labute approximate surface area is 144 Å². The fourth-order valence-corrected chi connectivity index (χ4v) is 2.37. The Morgan fingerprint density at radius 2 is 1.62 bits per heavy atom. The fourth-order valence-electron chi connectivity index (χ4n) is 2.25. The molecule has 0 atom stereocenters. The van der Waals surface area contributed by atoms with Gasteiger partial charge in [-0.1, -0.05) is 23.7 Å². The van der Waals surface area contributed by atoms with Crippen LogP contribution >= 0.6 is 11.6 Å². The van der Waals surface area contributed by atoms with Crippen molar-refractivity contribution in [3.8, 4) is 23.5 Å². The first-order chi connectivity index (χ1) is 11.7. The quantitative estimate of drug-likeness (QED) is 0.593. The number of hydrogen-bond acceptors (Lipinski definition) is 3. The van der Waals surface area contributed by atoms with Gasteiger partial charge < -0.3 is 4.42 Å². The molecular formula is C20H11ClN2O. The van der Waals surface area contributed by atoms with Crippen molar-refractivity contribution in [2.24, 2.45) is 0 Å². The number of rotatable bonds is 3. The highest BCUT2D eigenvalue weighted by Gasteiger charge is 2.06. The maximum Gasteiger partial charge on any atom is 0.134 e. The summed E-state index contributed by atoms with van der Waals surface area (Å²) in [6.45, 7) is 0. The van der Waals surface area contributed by atoms with Crippen molar-refractivity contribution >= 4 is 23.3 Å². The molecule has 0 amide bonds. The van der Waals surface area contributed by atoms with Crippen molar-refractivity contribution in [1.82, 2.24) is 0 Å². The normalized spacial score (nSPS) is 10.9. The van der Waals surface area contributed by atoms with E-state index >= 15 is 0 Å². The highest BCUT2D eigenvalue weighted by Crippen LogP contribution is 2.26. The van der Waals surface area contributed by atoms with Crippen LogP contribution in [0.15, 0.2) is 65.1 Å². The molecule has 3 nitrogen and oxygen atoms in total. The summed E-state index contributed by atoms with van der Waals surface area (Å²) in [5.74, 6) is 1.26. The number of nitrogens with zero attached hydrogens (tertiary/aromatic N) is 2. The van der Waals surface area contributed by atoms with Crippen LogP contribution in [0.5, 0.6) is 0 Å². The molecule has 3 aromatic rings. The van der Waals surface area contributed by atoms with Crippen LogP contribution in [0.1, 0.15) is 16.9 Å². The van der Waals surface area contributed by atoms with Gasteiger partial charge in [0.1, 0.15) is 11.5 Å². The molecule has 4 heteroatoms. The standard InChI is InChI=1S/C20H11ClN2O/c21-18-7-5-15(6-8-18)17(13-23)11-19-9-10-20(24-19)16-3-1-14(12-22)2-4-16/h1-11H/b17-11-. The molecule has 1 heterocycles. The summed E-state index contributed by atoms with van der Waals surface area (Å²) in [6.07, 6.45) is 1.69. The molecule has 0 radical (unpaired) electrons.